The summed E-state index contributed by atoms with van der Waals surface area (Å²) in [6.07, 6.45) is 5.17. The number of hydrogen-bond acceptors (Lipinski definition) is 7. The third-order valence-electron chi connectivity index (χ3n) is 9.65. The van der Waals surface area contributed by atoms with Gasteiger partial charge < -0.3 is 35.3 Å². The number of allylic oxidation sites excluding steroid dienone is 1. The molecule has 48 heavy (non-hydrogen) atoms. The van der Waals surface area contributed by atoms with E-state index in [-0.39, 0.29) is 5.56 Å². The average Bonchev–Trinajstić information content (AvgIpc) is 3.75. The Bertz CT molecular complexity index is 2520. The molecule has 5 N–H and O–H groups in total. The van der Waals surface area contributed by atoms with Crippen LogP contribution in [0.1, 0.15) is 6.42 Å². The van der Waals surface area contributed by atoms with Crippen LogP contribution in [0.2, 0.25) is 0 Å². The molecular weight excluding hydrogens is 600 g/mol. The van der Waals surface area contributed by atoms with E-state index >= 15 is 0 Å². The second kappa shape index (κ2) is 10.2. The lowest BCUT2D eigenvalue weighted by molar-refractivity contribution is 0.330. The van der Waals surface area contributed by atoms with E-state index in [1.54, 1.807) is 12.1 Å². The van der Waals surface area contributed by atoms with Crippen molar-refractivity contribution in [3.05, 3.63) is 132 Å². The minimum Gasteiger partial charge on any atom is -0.504 e. The summed E-state index contributed by atoms with van der Waals surface area (Å²) in [6, 6.07) is 34.6. The van der Waals surface area contributed by atoms with Crippen LogP contribution < -0.4 is 9.80 Å². The Morgan fingerprint density at radius 2 is 1.17 bits per heavy atom. The van der Waals surface area contributed by atoms with Crippen LogP contribution in [0.3, 0.4) is 0 Å². The molecule has 9 rings (SSSR count). The lowest BCUT2D eigenvalue weighted by Gasteiger charge is -2.28. The number of phenols is 5. The topological polar surface area (TPSA) is 108 Å². The maximum Gasteiger partial charge on any atom is 0.208 e. The number of hydrogen-bond donors (Lipinski definition) is 5. The second-order valence-corrected chi connectivity index (χ2v) is 12.2. The summed E-state index contributed by atoms with van der Waals surface area (Å²) >= 11 is 0. The van der Waals surface area contributed by atoms with Crippen molar-refractivity contribution in [2.45, 2.75) is 6.42 Å². The first-order valence-electron chi connectivity index (χ1n) is 15.7. The Hall–Kier alpha value is -6.56. The first-order valence-corrected chi connectivity index (χ1v) is 15.7. The van der Waals surface area contributed by atoms with E-state index in [2.05, 4.69) is 76.2 Å². The first kappa shape index (κ1) is 27.7. The van der Waals surface area contributed by atoms with Gasteiger partial charge in [0.15, 0.2) is 11.5 Å². The van der Waals surface area contributed by atoms with E-state index in [4.69, 9.17) is 0 Å². The van der Waals surface area contributed by atoms with Gasteiger partial charge in [0, 0.05) is 40.5 Å². The number of para-hydroxylation sites is 1. The predicted octanol–water partition coefficient (Wildman–Crippen LogP) is 9.44. The zero-order valence-electron chi connectivity index (χ0n) is 25.5. The molecule has 7 aromatic rings. The van der Waals surface area contributed by atoms with Gasteiger partial charge in [0.05, 0.1) is 16.9 Å². The van der Waals surface area contributed by atoms with Gasteiger partial charge in [0.2, 0.25) is 17.2 Å². The Kier molecular flexibility index (Phi) is 5.91. The lowest BCUT2D eigenvalue weighted by Crippen LogP contribution is -2.17. The van der Waals surface area contributed by atoms with Gasteiger partial charge in [-0.05, 0) is 81.6 Å². The largest absolute Gasteiger partial charge is 0.504 e. The summed E-state index contributed by atoms with van der Waals surface area (Å²) < 4.78 is 0. The maximum atomic E-state index is 10.6. The van der Waals surface area contributed by atoms with Crippen LogP contribution in [0.5, 0.6) is 28.7 Å². The molecule has 0 radical (unpaired) electrons. The highest BCUT2D eigenvalue weighted by Crippen LogP contribution is 2.55. The number of phenolic OH excluding ortho intramolecular Hbond substituents is 5. The van der Waals surface area contributed by atoms with E-state index in [0.29, 0.717) is 5.56 Å². The quantitative estimate of drug-likeness (QED) is 0.0559. The normalized spacial score (nSPS) is 13.9. The van der Waals surface area contributed by atoms with Gasteiger partial charge in [-0.25, -0.2) is 0 Å². The fraction of sp³-hybridized carbons (Fsp3) is 0.0488. The Morgan fingerprint density at radius 3 is 1.90 bits per heavy atom. The molecular formula is C41H28N2O5. The highest BCUT2D eigenvalue weighted by Gasteiger charge is 2.27. The molecule has 0 amide bonds. The standard InChI is InChI=1S/C41H28N2O5/c44-37-36(38(45)40(47)41(48)39(37)46)26-9-15-28(16-10-26)43(27-6-2-1-3-7-27)33-20-14-25-11-17-29-32(42-22-21-23-5-4-8-31(23)42)19-13-24-12-18-30(33)35(25)34(24)29/h1-3,5-20,44-48H,21-22H2. The van der Waals surface area contributed by atoms with Crippen LogP contribution in [0, 0.1) is 0 Å². The van der Waals surface area contributed by atoms with E-state index in [1.165, 1.54) is 38.5 Å². The first-order chi connectivity index (χ1) is 23.4. The Morgan fingerprint density at radius 1 is 0.562 bits per heavy atom. The fourth-order valence-electron chi connectivity index (χ4n) is 7.38. The lowest BCUT2D eigenvalue weighted by atomic mass is 9.92. The SMILES string of the molecule is Oc1c(O)c(O)c(-c2ccc(N(c3ccccc3)c3ccc4ccc5c(N6CCC7=C6C=C=C7)ccc6ccc3c4c65)cc2)c(O)c1O. The van der Waals surface area contributed by atoms with E-state index in [9.17, 15) is 25.5 Å². The minimum absolute atomic E-state index is 0.191. The number of benzene rings is 7. The van der Waals surface area contributed by atoms with Crippen LogP contribution in [0.4, 0.5) is 22.7 Å². The maximum absolute atomic E-state index is 10.6. The summed E-state index contributed by atoms with van der Waals surface area (Å²) in [5.74, 6) is -4.28. The number of aromatic hydroxyl groups is 5. The van der Waals surface area contributed by atoms with Crippen molar-refractivity contribution in [3.8, 4) is 39.9 Å². The van der Waals surface area contributed by atoms with Crippen LogP contribution in [-0.2, 0) is 0 Å². The molecule has 1 aliphatic heterocycles. The molecule has 1 aliphatic carbocycles. The van der Waals surface area contributed by atoms with Crippen molar-refractivity contribution in [1.29, 1.82) is 0 Å². The second-order valence-electron chi connectivity index (χ2n) is 12.2. The molecule has 0 aromatic heterocycles. The molecule has 7 aromatic carbocycles. The van der Waals surface area contributed by atoms with Crippen molar-refractivity contribution in [3.63, 3.8) is 0 Å². The fourth-order valence-corrected chi connectivity index (χ4v) is 7.38. The van der Waals surface area contributed by atoms with Crippen LogP contribution in [-0.4, -0.2) is 32.1 Å². The third kappa shape index (κ3) is 3.89. The molecule has 1 heterocycles. The predicted molar refractivity (Wildman–Crippen MR) is 190 cm³/mol. The van der Waals surface area contributed by atoms with E-state index < -0.39 is 28.7 Å². The van der Waals surface area contributed by atoms with Crippen LogP contribution >= 0.6 is 0 Å². The highest BCUT2D eigenvalue weighted by atomic mass is 16.4. The third-order valence-corrected chi connectivity index (χ3v) is 9.65. The summed E-state index contributed by atoms with van der Waals surface area (Å²) in [5, 5.41) is 58.3. The van der Waals surface area contributed by atoms with Crippen molar-refractivity contribution >= 4 is 55.1 Å². The van der Waals surface area contributed by atoms with Crippen LogP contribution in [0.25, 0.3) is 43.4 Å². The zero-order chi connectivity index (χ0) is 32.7. The van der Waals surface area contributed by atoms with E-state index in [0.717, 1.165) is 40.8 Å². The minimum atomic E-state index is -0.989. The van der Waals surface area contributed by atoms with Gasteiger partial charge in [0.25, 0.3) is 0 Å². The Balaban J connectivity index is 1.23. The number of rotatable bonds is 5. The molecule has 232 valence electrons. The molecule has 2 aliphatic rings. The molecule has 0 saturated carbocycles. The molecule has 0 atom stereocenters. The van der Waals surface area contributed by atoms with Gasteiger partial charge >= 0.3 is 0 Å². The molecule has 0 saturated heterocycles. The molecule has 0 bridgehead atoms. The monoisotopic (exact) mass is 628 g/mol. The molecule has 0 spiro atoms. The van der Waals surface area contributed by atoms with Gasteiger partial charge in [0.1, 0.15) is 0 Å². The molecule has 7 nitrogen and oxygen atoms in total. The summed E-state index contributed by atoms with van der Waals surface area (Å²) in [4.78, 5) is 4.56. The summed E-state index contributed by atoms with van der Waals surface area (Å²) in [5.41, 5.74) is 9.88. The van der Waals surface area contributed by atoms with Crippen molar-refractivity contribution in [1.82, 2.24) is 0 Å². The average molecular weight is 629 g/mol. The van der Waals surface area contributed by atoms with Gasteiger partial charge in [-0.3, -0.25) is 0 Å². The van der Waals surface area contributed by atoms with Gasteiger partial charge in [-0.2, -0.15) is 0 Å². The number of nitrogens with zero attached hydrogens (tertiary/aromatic N) is 2. The summed E-state index contributed by atoms with van der Waals surface area (Å²) in [6.45, 7) is 0.936. The molecule has 0 unspecified atom stereocenters. The zero-order valence-corrected chi connectivity index (χ0v) is 25.5. The smallest absolute Gasteiger partial charge is 0.208 e. The molecule has 0 fully saturated rings. The summed E-state index contributed by atoms with van der Waals surface area (Å²) in [7, 11) is 0. The number of anilines is 4. The van der Waals surface area contributed by atoms with E-state index in [1.807, 2.05) is 42.5 Å². The van der Waals surface area contributed by atoms with Gasteiger partial charge in [-0.15, -0.1) is 5.73 Å². The molecule has 7 heteroatoms. The van der Waals surface area contributed by atoms with Crippen molar-refractivity contribution in [2.75, 3.05) is 16.3 Å². The highest BCUT2D eigenvalue weighted by molar-refractivity contribution is 6.27. The van der Waals surface area contributed by atoms with Crippen LogP contribution in [0.15, 0.2) is 132 Å². The van der Waals surface area contributed by atoms with Crippen molar-refractivity contribution < 1.29 is 25.5 Å². The van der Waals surface area contributed by atoms with Crippen molar-refractivity contribution in [2.24, 2.45) is 0 Å². The Labute approximate surface area is 275 Å². The van der Waals surface area contributed by atoms with Gasteiger partial charge in [-0.1, -0.05) is 66.7 Å².